The minimum atomic E-state index is -0.231. The Morgan fingerprint density at radius 3 is 3.19 bits per heavy atom. The molecule has 2 aromatic rings. The lowest BCUT2D eigenvalue weighted by atomic mass is 9.89. The van der Waals surface area contributed by atoms with Crippen molar-refractivity contribution in [2.24, 2.45) is 5.92 Å². The lowest BCUT2D eigenvalue weighted by Crippen LogP contribution is -2.08. The van der Waals surface area contributed by atoms with E-state index in [1.807, 2.05) is 11.3 Å². The van der Waals surface area contributed by atoms with E-state index in [1.54, 1.807) is 18.1 Å². The molecule has 0 bridgehead atoms. The minimum absolute atomic E-state index is 0.231. The molecule has 0 radical (unpaired) electrons. The molecule has 3 rings (SSSR count). The van der Waals surface area contributed by atoms with Crippen molar-refractivity contribution < 1.29 is 9.53 Å². The lowest BCUT2D eigenvalue weighted by molar-refractivity contribution is -0.140. The largest absolute Gasteiger partial charge is 0.465 e. The highest BCUT2D eigenvalue weighted by Crippen LogP contribution is 2.40. The van der Waals surface area contributed by atoms with Crippen molar-refractivity contribution in [3.8, 4) is 0 Å². The molecule has 4 nitrogen and oxygen atoms in total. The van der Waals surface area contributed by atoms with E-state index in [9.17, 15) is 4.79 Å². The van der Waals surface area contributed by atoms with Gasteiger partial charge in [0.2, 0.25) is 0 Å². The standard InChI is InChI=1S/C15H18N2O2S2/c1-9-3-4-11-12(7-9)21-15-13(11)14(16-8-17-15)20-6-5-19-10(2)18/h8-9H,3-7H2,1-2H3. The van der Waals surface area contributed by atoms with Crippen LogP contribution >= 0.6 is 23.1 Å². The summed E-state index contributed by atoms with van der Waals surface area (Å²) in [5, 5.41) is 2.26. The third kappa shape index (κ3) is 3.21. The lowest BCUT2D eigenvalue weighted by Gasteiger charge is -2.18. The van der Waals surface area contributed by atoms with Gasteiger partial charge in [0, 0.05) is 22.9 Å². The van der Waals surface area contributed by atoms with Crippen LogP contribution in [0.3, 0.4) is 0 Å². The Balaban J connectivity index is 1.84. The van der Waals surface area contributed by atoms with Gasteiger partial charge in [-0.3, -0.25) is 4.79 Å². The van der Waals surface area contributed by atoms with Crippen molar-refractivity contribution in [3.05, 3.63) is 16.8 Å². The van der Waals surface area contributed by atoms with Gasteiger partial charge in [0.25, 0.3) is 0 Å². The summed E-state index contributed by atoms with van der Waals surface area (Å²) in [7, 11) is 0. The van der Waals surface area contributed by atoms with Gasteiger partial charge in [0.15, 0.2) is 0 Å². The van der Waals surface area contributed by atoms with Crippen LogP contribution in [0.5, 0.6) is 0 Å². The van der Waals surface area contributed by atoms with Crippen LogP contribution in [0.2, 0.25) is 0 Å². The first-order chi connectivity index (χ1) is 10.1. The van der Waals surface area contributed by atoms with Crippen LogP contribution < -0.4 is 0 Å². The summed E-state index contributed by atoms with van der Waals surface area (Å²) < 4.78 is 4.98. The van der Waals surface area contributed by atoms with Gasteiger partial charge in [-0.15, -0.1) is 23.1 Å². The topological polar surface area (TPSA) is 52.1 Å². The van der Waals surface area contributed by atoms with E-state index in [-0.39, 0.29) is 5.97 Å². The molecule has 2 aromatic heterocycles. The molecule has 0 spiro atoms. The average Bonchev–Trinajstić information content (AvgIpc) is 2.81. The number of ether oxygens (including phenoxy) is 1. The third-order valence-electron chi connectivity index (χ3n) is 3.68. The average molecular weight is 322 g/mol. The number of hydrogen-bond donors (Lipinski definition) is 0. The fraction of sp³-hybridized carbons (Fsp3) is 0.533. The smallest absolute Gasteiger partial charge is 0.302 e. The SMILES string of the molecule is CC(=O)OCCSc1ncnc2sc3c(c12)CCC(C)C3. The van der Waals surface area contributed by atoms with Crippen molar-refractivity contribution in [3.63, 3.8) is 0 Å². The molecule has 0 aromatic carbocycles. The first-order valence-corrected chi connectivity index (χ1v) is 8.96. The van der Waals surface area contributed by atoms with E-state index in [0.717, 1.165) is 34.4 Å². The molecule has 0 aliphatic heterocycles. The van der Waals surface area contributed by atoms with Crippen molar-refractivity contribution in [1.29, 1.82) is 0 Å². The van der Waals surface area contributed by atoms with Crippen molar-refractivity contribution in [2.45, 2.75) is 38.1 Å². The molecule has 1 atom stereocenters. The van der Waals surface area contributed by atoms with E-state index in [0.29, 0.717) is 6.61 Å². The van der Waals surface area contributed by atoms with Crippen LogP contribution in [0.4, 0.5) is 0 Å². The Morgan fingerprint density at radius 2 is 2.38 bits per heavy atom. The Bertz CT molecular complexity index is 669. The number of hydrogen-bond acceptors (Lipinski definition) is 6. The maximum atomic E-state index is 10.8. The van der Waals surface area contributed by atoms with Crippen LogP contribution in [0.15, 0.2) is 11.4 Å². The number of thiophene rings is 1. The predicted molar refractivity (Wildman–Crippen MR) is 86.0 cm³/mol. The Morgan fingerprint density at radius 1 is 1.52 bits per heavy atom. The monoisotopic (exact) mass is 322 g/mol. The summed E-state index contributed by atoms with van der Waals surface area (Å²) in [5.41, 5.74) is 1.45. The Kier molecular flexibility index (Phi) is 4.45. The van der Waals surface area contributed by atoms with E-state index in [4.69, 9.17) is 4.74 Å². The Hall–Kier alpha value is -1.14. The summed E-state index contributed by atoms with van der Waals surface area (Å²) in [6.45, 7) is 4.17. The quantitative estimate of drug-likeness (QED) is 0.373. The number of carbonyl (C=O) groups excluding carboxylic acids is 1. The van der Waals surface area contributed by atoms with Crippen molar-refractivity contribution in [2.75, 3.05) is 12.4 Å². The van der Waals surface area contributed by atoms with E-state index < -0.39 is 0 Å². The molecular formula is C15H18N2O2S2. The first-order valence-electron chi connectivity index (χ1n) is 7.16. The van der Waals surface area contributed by atoms with Gasteiger partial charge in [-0.25, -0.2) is 9.97 Å². The molecule has 2 heterocycles. The third-order valence-corrected chi connectivity index (χ3v) is 5.80. The molecule has 0 saturated heterocycles. The molecule has 0 fully saturated rings. The second kappa shape index (κ2) is 6.32. The van der Waals surface area contributed by atoms with Crippen molar-refractivity contribution >= 4 is 39.3 Å². The van der Waals surface area contributed by atoms with Gasteiger partial charge in [-0.2, -0.15) is 0 Å². The maximum absolute atomic E-state index is 10.8. The molecule has 0 N–H and O–H groups in total. The van der Waals surface area contributed by atoms with Gasteiger partial charge in [-0.1, -0.05) is 6.92 Å². The highest BCUT2D eigenvalue weighted by molar-refractivity contribution is 7.99. The van der Waals surface area contributed by atoms with E-state index >= 15 is 0 Å². The number of rotatable bonds is 4. The highest BCUT2D eigenvalue weighted by Gasteiger charge is 2.23. The summed E-state index contributed by atoms with van der Waals surface area (Å²) in [4.78, 5) is 22.2. The second-order valence-electron chi connectivity index (χ2n) is 5.40. The molecule has 21 heavy (non-hydrogen) atoms. The van der Waals surface area contributed by atoms with Crippen LogP contribution in [0.25, 0.3) is 10.2 Å². The fourth-order valence-electron chi connectivity index (χ4n) is 2.68. The molecule has 0 amide bonds. The number of carbonyl (C=O) groups is 1. The Labute approximate surface area is 132 Å². The highest BCUT2D eigenvalue weighted by atomic mass is 32.2. The summed E-state index contributed by atoms with van der Waals surface area (Å²) in [6, 6.07) is 0. The normalized spacial score (nSPS) is 17.7. The molecule has 1 aliphatic rings. The number of aryl methyl sites for hydroxylation is 1. The molecule has 112 valence electrons. The minimum Gasteiger partial charge on any atom is -0.465 e. The second-order valence-corrected chi connectivity index (χ2v) is 7.57. The van der Waals surface area contributed by atoms with Gasteiger partial charge >= 0.3 is 5.97 Å². The first kappa shape index (κ1) is 14.8. The summed E-state index contributed by atoms with van der Waals surface area (Å²) >= 11 is 3.46. The predicted octanol–water partition coefficient (Wildman–Crippen LogP) is 3.47. The summed E-state index contributed by atoms with van der Waals surface area (Å²) in [5.74, 6) is 1.26. The zero-order chi connectivity index (χ0) is 14.8. The molecule has 1 unspecified atom stereocenters. The zero-order valence-corrected chi connectivity index (χ0v) is 13.9. The number of aromatic nitrogens is 2. The molecule has 0 saturated carbocycles. The summed E-state index contributed by atoms with van der Waals surface area (Å²) in [6.07, 6.45) is 5.17. The van der Waals surface area contributed by atoms with E-state index in [2.05, 4.69) is 16.9 Å². The van der Waals surface area contributed by atoms with Crippen LogP contribution in [-0.2, 0) is 22.4 Å². The van der Waals surface area contributed by atoms with Crippen LogP contribution in [-0.4, -0.2) is 28.3 Å². The number of esters is 1. The molecule has 6 heteroatoms. The van der Waals surface area contributed by atoms with Gasteiger partial charge in [-0.05, 0) is 30.7 Å². The fourth-order valence-corrected chi connectivity index (χ4v) is 4.94. The van der Waals surface area contributed by atoms with Crippen LogP contribution in [0, 0.1) is 5.92 Å². The van der Waals surface area contributed by atoms with Gasteiger partial charge in [0.05, 0.1) is 0 Å². The number of thioether (sulfide) groups is 1. The maximum Gasteiger partial charge on any atom is 0.302 e. The van der Waals surface area contributed by atoms with Crippen molar-refractivity contribution in [1.82, 2.24) is 9.97 Å². The number of fused-ring (bicyclic) bond motifs is 3. The number of nitrogens with zero attached hydrogens (tertiary/aromatic N) is 2. The van der Waals surface area contributed by atoms with E-state index in [1.165, 1.54) is 29.2 Å². The van der Waals surface area contributed by atoms with Gasteiger partial charge in [0.1, 0.15) is 22.8 Å². The van der Waals surface area contributed by atoms with Gasteiger partial charge < -0.3 is 4.74 Å². The van der Waals surface area contributed by atoms with Crippen LogP contribution in [0.1, 0.15) is 30.7 Å². The zero-order valence-electron chi connectivity index (χ0n) is 12.2. The molecule has 1 aliphatic carbocycles. The molecular weight excluding hydrogens is 304 g/mol.